The van der Waals surface area contributed by atoms with E-state index in [9.17, 15) is 0 Å². The maximum absolute atomic E-state index is 6.00. The van der Waals surface area contributed by atoms with Crippen molar-refractivity contribution < 1.29 is 4.74 Å². The molecule has 2 heteroatoms. The summed E-state index contributed by atoms with van der Waals surface area (Å²) in [6.45, 7) is 10.5. The molecule has 1 aliphatic rings. The van der Waals surface area contributed by atoms with Crippen molar-refractivity contribution in [1.29, 1.82) is 0 Å². The van der Waals surface area contributed by atoms with Crippen LogP contribution in [0.1, 0.15) is 36.6 Å². The largest absolute Gasteiger partial charge is 0.371 e. The first-order valence-electron chi connectivity index (χ1n) is 6.50. The average molecular weight is 233 g/mol. The molecule has 2 atom stereocenters. The first-order chi connectivity index (χ1) is 8.08. The van der Waals surface area contributed by atoms with E-state index in [1.54, 1.807) is 0 Å². The Morgan fingerprint density at radius 3 is 2.59 bits per heavy atom. The van der Waals surface area contributed by atoms with Gasteiger partial charge in [0, 0.05) is 12.6 Å². The van der Waals surface area contributed by atoms with E-state index < -0.39 is 0 Å². The molecule has 0 aromatic heterocycles. The van der Waals surface area contributed by atoms with Gasteiger partial charge in [0.25, 0.3) is 0 Å². The zero-order valence-electron chi connectivity index (χ0n) is 11.3. The van der Waals surface area contributed by atoms with Gasteiger partial charge in [-0.05, 0) is 30.9 Å². The van der Waals surface area contributed by atoms with E-state index in [1.807, 2.05) is 0 Å². The number of aryl methyl sites for hydroxylation is 2. The molecule has 17 heavy (non-hydrogen) atoms. The third-order valence-electron chi connectivity index (χ3n) is 3.62. The fraction of sp³-hybridized carbons (Fsp3) is 0.600. The van der Waals surface area contributed by atoms with Crippen LogP contribution in [0.3, 0.4) is 0 Å². The topological polar surface area (TPSA) is 21.3 Å². The minimum Gasteiger partial charge on any atom is -0.371 e. The van der Waals surface area contributed by atoms with Gasteiger partial charge in [0.2, 0.25) is 0 Å². The monoisotopic (exact) mass is 233 g/mol. The highest BCUT2D eigenvalue weighted by molar-refractivity contribution is 5.32. The molecular formula is C15H23NO. The molecular weight excluding hydrogens is 210 g/mol. The van der Waals surface area contributed by atoms with Gasteiger partial charge in [0.05, 0.1) is 12.7 Å². The molecule has 2 unspecified atom stereocenters. The lowest BCUT2D eigenvalue weighted by Gasteiger charge is -2.33. The molecule has 0 aliphatic carbocycles. The number of rotatable bonds is 2. The van der Waals surface area contributed by atoms with Crippen molar-refractivity contribution >= 4 is 0 Å². The van der Waals surface area contributed by atoms with E-state index >= 15 is 0 Å². The summed E-state index contributed by atoms with van der Waals surface area (Å²) in [5, 5.41) is 3.58. The number of benzene rings is 1. The number of hydrogen-bond donors (Lipinski definition) is 1. The van der Waals surface area contributed by atoms with Gasteiger partial charge in [-0.25, -0.2) is 0 Å². The quantitative estimate of drug-likeness (QED) is 0.848. The molecule has 1 saturated heterocycles. The maximum atomic E-state index is 6.00. The summed E-state index contributed by atoms with van der Waals surface area (Å²) in [5.41, 5.74) is 3.97. The van der Waals surface area contributed by atoms with Crippen LogP contribution in [0.5, 0.6) is 0 Å². The second-order valence-electron chi connectivity index (χ2n) is 5.44. The van der Waals surface area contributed by atoms with E-state index in [2.05, 4.69) is 51.2 Å². The fourth-order valence-corrected chi connectivity index (χ4v) is 2.41. The minimum absolute atomic E-state index is 0.214. The molecule has 1 aliphatic heterocycles. The number of nitrogens with one attached hydrogen (secondary N) is 1. The first-order valence-corrected chi connectivity index (χ1v) is 6.50. The van der Waals surface area contributed by atoms with Crippen LogP contribution in [0.25, 0.3) is 0 Å². The number of morpholine rings is 1. The maximum Gasteiger partial charge on any atom is 0.0952 e. The van der Waals surface area contributed by atoms with Crippen LogP contribution in [-0.4, -0.2) is 19.2 Å². The second kappa shape index (κ2) is 5.19. The van der Waals surface area contributed by atoms with Crippen molar-refractivity contribution in [3.05, 3.63) is 34.9 Å². The Labute approximate surface area is 104 Å². The Kier molecular flexibility index (Phi) is 3.85. The van der Waals surface area contributed by atoms with Crippen molar-refractivity contribution in [3.63, 3.8) is 0 Å². The van der Waals surface area contributed by atoms with Crippen LogP contribution in [0, 0.1) is 19.8 Å². The van der Waals surface area contributed by atoms with E-state index in [-0.39, 0.29) is 6.10 Å². The lowest BCUT2D eigenvalue weighted by molar-refractivity contribution is -0.00742. The number of ether oxygens (including phenoxy) is 1. The molecule has 2 rings (SSSR count). The zero-order valence-corrected chi connectivity index (χ0v) is 11.3. The lowest BCUT2D eigenvalue weighted by Crippen LogP contribution is -2.45. The normalized spacial score (nSPS) is 25.2. The molecule has 0 amide bonds. The Balaban J connectivity index is 2.05. The van der Waals surface area contributed by atoms with Crippen molar-refractivity contribution in [2.75, 3.05) is 13.2 Å². The van der Waals surface area contributed by atoms with Crippen molar-refractivity contribution in [2.45, 2.75) is 39.8 Å². The Hall–Kier alpha value is -0.860. The Morgan fingerprint density at radius 2 is 2.06 bits per heavy atom. The summed E-state index contributed by atoms with van der Waals surface area (Å²) < 4.78 is 6.00. The van der Waals surface area contributed by atoms with Crippen molar-refractivity contribution in [2.24, 2.45) is 5.92 Å². The minimum atomic E-state index is 0.214. The molecule has 1 heterocycles. The van der Waals surface area contributed by atoms with Crippen molar-refractivity contribution in [1.82, 2.24) is 5.32 Å². The van der Waals surface area contributed by atoms with Crippen LogP contribution in [-0.2, 0) is 4.74 Å². The first kappa shape index (κ1) is 12.6. The Morgan fingerprint density at radius 1 is 1.29 bits per heavy atom. The van der Waals surface area contributed by atoms with Gasteiger partial charge in [-0.1, -0.05) is 37.6 Å². The summed E-state index contributed by atoms with van der Waals surface area (Å²) in [6, 6.07) is 7.09. The Bertz CT molecular complexity index is 379. The van der Waals surface area contributed by atoms with Crippen LogP contribution in [0.15, 0.2) is 18.2 Å². The number of hydrogen-bond acceptors (Lipinski definition) is 2. The standard InChI is InChI=1S/C15H23NO/c1-10(2)14-9-17-15(8-16-14)13-6-5-11(3)7-12(13)4/h5-7,10,14-16H,8-9H2,1-4H3. The second-order valence-corrected chi connectivity index (χ2v) is 5.44. The van der Waals surface area contributed by atoms with E-state index in [1.165, 1.54) is 16.7 Å². The van der Waals surface area contributed by atoms with Gasteiger partial charge in [-0.3, -0.25) is 0 Å². The van der Waals surface area contributed by atoms with Crippen LogP contribution in [0.4, 0.5) is 0 Å². The molecule has 1 aromatic rings. The average Bonchev–Trinajstić information content (AvgIpc) is 2.29. The highest BCUT2D eigenvalue weighted by Gasteiger charge is 2.24. The summed E-state index contributed by atoms with van der Waals surface area (Å²) in [4.78, 5) is 0. The van der Waals surface area contributed by atoms with Gasteiger partial charge in [-0.2, -0.15) is 0 Å². The summed E-state index contributed by atoms with van der Waals surface area (Å²) in [7, 11) is 0. The summed E-state index contributed by atoms with van der Waals surface area (Å²) >= 11 is 0. The third-order valence-corrected chi connectivity index (χ3v) is 3.62. The van der Waals surface area contributed by atoms with Crippen molar-refractivity contribution in [3.8, 4) is 0 Å². The molecule has 0 bridgehead atoms. The molecule has 94 valence electrons. The summed E-state index contributed by atoms with van der Waals surface area (Å²) in [6.07, 6.45) is 0.214. The molecule has 2 nitrogen and oxygen atoms in total. The summed E-state index contributed by atoms with van der Waals surface area (Å²) in [5.74, 6) is 0.634. The van der Waals surface area contributed by atoms with Crippen LogP contribution >= 0.6 is 0 Å². The molecule has 1 aromatic carbocycles. The fourth-order valence-electron chi connectivity index (χ4n) is 2.41. The van der Waals surface area contributed by atoms with E-state index in [0.29, 0.717) is 12.0 Å². The molecule has 0 spiro atoms. The molecule has 0 radical (unpaired) electrons. The van der Waals surface area contributed by atoms with Crippen LogP contribution in [0.2, 0.25) is 0 Å². The molecule has 1 N–H and O–H groups in total. The third kappa shape index (κ3) is 2.88. The predicted molar refractivity (Wildman–Crippen MR) is 71.2 cm³/mol. The van der Waals surface area contributed by atoms with Gasteiger partial charge < -0.3 is 10.1 Å². The molecule has 0 saturated carbocycles. The van der Waals surface area contributed by atoms with Gasteiger partial charge in [0.1, 0.15) is 0 Å². The van der Waals surface area contributed by atoms with E-state index in [0.717, 1.165) is 13.2 Å². The molecule has 1 fully saturated rings. The highest BCUT2D eigenvalue weighted by Crippen LogP contribution is 2.25. The van der Waals surface area contributed by atoms with Gasteiger partial charge in [-0.15, -0.1) is 0 Å². The van der Waals surface area contributed by atoms with E-state index in [4.69, 9.17) is 4.74 Å². The van der Waals surface area contributed by atoms with Gasteiger partial charge >= 0.3 is 0 Å². The van der Waals surface area contributed by atoms with Gasteiger partial charge in [0.15, 0.2) is 0 Å². The lowest BCUT2D eigenvalue weighted by atomic mass is 9.98. The zero-order chi connectivity index (χ0) is 12.4. The highest BCUT2D eigenvalue weighted by atomic mass is 16.5. The van der Waals surface area contributed by atoms with Crippen LogP contribution < -0.4 is 5.32 Å². The smallest absolute Gasteiger partial charge is 0.0952 e. The SMILES string of the molecule is Cc1ccc(C2CNC(C(C)C)CO2)c(C)c1. The predicted octanol–water partition coefficient (Wildman–Crippen LogP) is 2.99.